The Hall–Kier alpha value is -2.31. The number of aryl methyl sites for hydroxylation is 1. The van der Waals surface area contributed by atoms with Crippen LogP contribution in [0.5, 0.6) is 0 Å². The van der Waals surface area contributed by atoms with Gasteiger partial charge in [-0.25, -0.2) is 9.78 Å². The number of pyridine rings is 1. The minimum absolute atomic E-state index is 0.0703. The summed E-state index contributed by atoms with van der Waals surface area (Å²) >= 11 is 0. The van der Waals surface area contributed by atoms with E-state index >= 15 is 0 Å². The standard InChI is InChI=1S/C18H19F3N2O2/c1-11-9-13-10-12(17(24)25-2)3-4-15(13)16(22-11)23-7-5-14(6-8-23)18(19,20)21/h3-4,9-10,14H,5-8H2,1-2H3. The minimum atomic E-state index is -4.14. The topological polar surface area (TPSA) is 42.4 Å². The van der Waals surface area contributed by atoms with Crippen LogP contribution in [0.1, 0.15) is 28.9 Å². The smallest absolute Gasteiger partial charge is 0.391 e. The van der Waals surface area contributed by atoms with Crippen LogP contribution in [0, 0.1) is 12.8 Å². The zero-order chi connectivity index (χ0) is 18.2. The van der Waals surface area contributed by atoms with E-state index in [-0.39, 0.29) is 12.8 Å². The number of alkyl halides is 3. The van der Waals surface area contributed by atoms with E-state index in [0.717, 1.165) is 16.5 Å². The van der Waals surface area contributed by atoms with Crippen LogP contribution in [0.4, 0.5) is 19.0 Å². The third-order valence-corrected chi connectivity index (χ3v) is 4.62. The molecule has 2 heterocycles. The van der Waals surface area contributed by atoms with Gasteiger partial charge < -0.3 is 9.64 Å². The fourth-order valence-electron chi connectivity index (χ4n) is 3.27. The Morgan fingerprint density at radius 1 is 1.24 bits per heavy atom. The number of ether oxygens (including phenoxy) is 1. The normalized spacial score (nSPS) is 16.3. The maximum absolute atomic E-state index is 12.9. The molecule has 0 N–H and O–H groups in total. The zero-order valence-corrected chi connectivity index (χ0v) is 14.1. The number of hydrogen-bond donors (Lipinski definition) is 0. The number of piperidine rings is 1. The Kier molecular flexibility index (Phi) is 4.58. The summed E-state index contributed by atoms with van der Waals surface area (Å²) in [4.78, 5) is 18.1. The van der Waals surface area contributed by atoms with Crippen LogP contribution >= 0.6 is 0 Å². The summed E-state index contributed by atoms with van der Waals surface area (Å²) in [6, 6.07) is 7.01. The number of hydrogen-bond acceptors (Lipinski definition) is 4. The maximum Gasteiger partial charge on any atom is 0.391 e. The lowest BCUT2D eigenvalue weighted by atomic mass is 9.96. The first-order valence-corrected chi connectivity index (χ1v) is 8.11. The van der Waals surface area contributed by atoms with E-state index < -0.39 is 18.1 Å². The number of methoxy groups -OCH3 is 1. The van der Waals surface area contributed by atoms with Crippen molar-refractivity contribution < 1.29 is 22.7 Å². The lowest BCUT2D eigenvalue weighted by Crippen LogP contribution is -2.39. The molecule has 3 rings (SSSR count). The SMILES string of the molecule is COC(=O)c1ccc2c(N3CCC(C(F)(F)F)CC3)nc(C)cc2c1. The van der Waals surface area contributed by atoms with Gasteiger partial charge in [0.1, 0.15) is 5.82 Å². The lowest BCUT2D eigenvalue weighted by Gasteiger charge is -2.34. The molecular weight excluding hydrogens is 333 g/mol. The minimum Gasteiger partial charge on any atom is -0.465 e. The van der Waals surface area contributed by atoms with Gasteiger partial charge in [0.25, 0.3) is 0 Å². The van der Waals surface area contributed by atoms with Gasteiger partial charge in [-0.15, -0.1) is 0 Å². The van der Waals surface area contributed by atoms with E-state index in [2.05, 4.69) is 4.98 Å². The molecule has 0 radical (unpaired) electrons. The highest BCUT2D eigenvalue weighted by molar-refractivity contribution is 5.99. The number of benzene rings is 1. The summed E-state index contributed by atoms with van der Waals surface area (Å²) in [5.74, 6) is -0.998. The largest absolute Gasteiger partial charge is 0.465 e. The predicted molar refractivity (Wildman–Crippen MR) is 88.8 cm³/mol. The van der Waals surface area contributed by atoms with Crippen LogP contribution in [0.25, 0.3) is 10.8 Å². The van der Waals surface area contributed by atoms with Crippen molar-refractivity contribution in [2.24, 2.45) is 5.92 Å². The summed E-state index contributed by atoms with van der Waals surface area (Å²) < 4.78 is 43.3. The average molecular weight is 352 g/mol. The van der Waals surface area contributed by atoms with Crippen LogP contribution in [0.15, 0.2) is 24.3 Å². The van der Waals surface area contributed by atoms with Crippen molar-refractivity contribution in [2.45, 2.75) is 25.9 Å². The Morgan fingerprint density at radius 2 is 1.92 bits per heavy atom. The molecule has 0 aliphatic carbocycles. The molecule has 4 nitrogen and oxygen atoms in total. The van der Waals surface area contributed by atoms with Crippen molar-refractivity contribution in [1.29, 1.82) is 0 Å². The van der Waals surface area contributed by atoms with Crippen molar-refractivity contribution in [2.75, 3.05) is 25.1 Å². The van der Waals surface area contributed by atoms with Gasteiger partial charge in [-0.2, -0.15) is 13.2 Å². The predicted octanol–water partition coefficient (Wildman–Crippen LogP) is 4.11. The number of anilines is 1. The summed E-state index contributed by atoms with van der Waals surface area (Å²) in [5.41, 5.74) is 1.18. The quantitative estimate of drug-likeness (QED) is 0.763. The van der Waals surface area contributed by atoms with E-state index in [9.17, 15) is 18.0 Å². The molecule has 1 aliphatic heterocycles. The van der Waals surface area contributed by atoms with Gasteiger partial charge in [-0.05, 0) is 49.4 Å². The van der Waals surface area contributed by atoms with Crippen molar-refractivity contribution in [1.82, 2.24) is 4.98 Å². The molecule has 0 unspecified atom stereocenters. The summed E-state index contributed by atoms with van der Waals surface area (Å²) in [6.45, 7) is 2.46. The third kappa shape index (κ3) is 3.55. The number of carbonyl (C=O) groups excluding carboxylic acids is 1. The molecular formula is C18H19F3N2O2. The molecule has 1 saturated heterocycles. The first-order chi connectivity index (χ1) is 11.8. The molecule has 25 heavy (non-hydrogen) atoms. The fourth-order valence-corrected chi connectivity index (χ4v) is 3.27. The van der Waals surface area contributed by atoms with Crippen molar-refractivity contribution in [3.63, 3.8) is 0 Å². The molecule has 1 aliphatic rings. The second kappa shape index (κ2) is 6.54. The Balaban J connectivity index is 1.93. The third-order valence-electron chi connectivity index (χ3n) is 4.62. The monoisotopic (exact) mass is 352 g/mol. The van der Waals surface area contributed by atoms with Gasteiger partial charge in [-0.3, -0.25) is 0 Å². The van der Waals surface area contributed by atoms with E-state index in [1.165, 1.54) is 7.11 Å². The van der Waals surface area contributed by atoms with Crippen LogP contribution in [0.3, 0.4) is 0 Å². The van der Waals surface area contributed by atoms with E-state index in [1.54, 1.807) is 18.2 Å². The molecule has 0 saturated carbocycles. The highest BCUT2D eigenvalue weighted by Gasteiger charge is 2.41. The summed E-state index contributed by atoms with van der Waals surface area (Å²) in [5, 5.41) is 1.65. The highest BCUT2D eigenvalue weighted by atomic mass is 19.4. The van der Waals surface area contributed by atoms with Gasteiger partial charge in [0.05, 0.1) is 18.6 Å². The molecule has 1 aromatic carbocycles. The van der Waals surface area contributed by atoms with E-state index in [1.807, 2.05) is 17.9 Å². The van der Waals surface area contributed by atoms with Gasteiger partial charge in [0, 0.05) is 24.2 Å². The molecule has 7 heteroatoms. The fraction of sp³-hybridized carbons (Fsp3) is 0.444. The summed E-state index contributed by atoms with van der Waals surface area (Å²) in [7, 11) is 1.32. The van der Waals surface area contributed by atoms with E-state index in [4.69, 9.17) is 4.74 Å². The van der Waals surface area contributed by atoms with Crippen molar-refractivity contribution >= 4 is 22.6 Å². The second-order valence-electron chi connectivity index (χ2n) is 6.32. The molecule has 1 aromatic heterocycles. The van der Waals surface area contributed by atoms with Crippen LogP contribution in [-0.2, 0) is 4.74 Å². The van der Waals surface area contributed by atoms with Gasteiger partial charge in [0.15, 0.2) is 0 Å². The number of esters is 1. The van der Waals surface area contributed by atoms with Crippen LogP contribution < -0.4 is 4.90 Å². The van der Waals surface area contributed by atoms with Crippen molar-refractivity contribution in [3.05, 3.63) is 35.5 Å². The van der Waals surface area contributed by atoms with Gasteiger partial charge in [0.2, 0.25) is 0 Å². The summed E-state index contributed by atoms with van der Waals surface area (Å²) in [6.07, 6.45) is -3.99. The zero-order valence-electron chi connectivity index (χ0n) is 14.1. The van der Waals surface area contributed by atoms with Crippen LogP contribution in [0.2, 0.25) is 0 Å². The molecule has 0 bridgehead atoms. The lowest BCUT2D eigenvalue weighted by molar-refractivity contribution is -0.179. The van der Waals surface area contributed by atoms with Crippen molar-refractivity contribution in [3.8, 4) is 0 Å². The number of aromatic nitrogens is 1. The molecule has 0 amide bonds. The Labute approximate surface area is 143 Å². The average Bonchev–Trinajstić information content (AvgIpc) is 2.59. The highest BCUT2D eigenvalue weighted by Crippen LogP contribution is 2.36. The van der Waals surface area contributed by atoms with Gasteiger partial charge in [-0.1, -0.05) is 0 Å². The number of nitrogens with zero attached hydrogens (tertiary/aromatic N) is 2. The molecule has 0 atom stereocenters. The first kappa shape index (κ1) is 17.5. The molecule has 134 valence electrons. The van der Waals surface area contributed by atoms with Gasteiger partial charge >= 0.3 is 12.1 Å². The number of fused-ring (bicyclic) bond motifs is 1. The number of rotatable bonds is 2. The maximum atomic E-state index is 12.9. The van der Waals surface area contributed by atoms with E-state index in [0.29, 0.717) is 24.5 Å². The molecule has 1 fully saturated rings. The molecule has 2 aromatic rings. The number of halogens is 3. The Morgan fingerprint density at radius 3 is 2.52 bits per heavy atom. The second-order valence-corrected chi connectivity index (χ2v) is 6.32. The molecule has 0 spiro atoms. The Bertz CT molecular complexity index is 797. The van der Waals surface area contributed by atoms with Crippen LogP contribution in [-0.4, -0.2) is 37.3 Å². The first-order valence-electron chi connectivity index (χ1n) is 8.11. The number of carbonyl (C=O) groups is 1.